The van der Waals surface area contributed by atoms with Crippen molar-refractivity contribution in [3.8, 4) is 0 Å². The molecule has 1 aromatic carbocycles. The van der Waals surface area contributed by atoms with Gasteiger partial charge in [0.15, 0.2) is 0 Å². The van der Waals surface area contributed by atoms with Crippen LogP contribution in [0.25, 0.3) is 0 Å². The first kappa shape index (κ1) is 11.6. The third-order valence-electron chi connectivity index (χ3n) is 2.00. The lowest BCUT2D eigenvalue weighted by molar-refractivity contribution is 0.533. The Balaban J connectivity index is 2.62. The summed E-state index contributed by atoms with van der Waals surface area (Å²) in [5.74, 6) is -0.190. The maximum absolute atomic E-state index is 13.2. The van der Waals surface area contributed by atoms with Gasteiger partial charge in [0, 0.05) is 29.2 Å². The van der Waals surface area contributed by atoms with Gasteiger partial charge in [0.2, 0.25) is 0 Å². The van der Waals surface area contributed by atoms with Crippen LogP contribution in [-0.2, 0) is 6.54 Å². The van der Waals surface area contributed by atoms with Gasteiger partial charge in [-0.25, -0.2) is 4.39 Å². The van der Waals surface area contributed by atoms with Crippen molar-refractivity contribution in [1.29, 1.82) is 0 Å². The van der Waals surface area contributed by atoms with Gasteiger partial charge < -0.3 is 11.1 Å². The van der Waals surface area contributed by atoms with Gasteiger partial charge in [0.1, 0.15) is 5.82 Å². The maximum Gasteiger partial charge on any atom is 0.127 e. The van der Waals surface area contributed by atoms with E-state index in [2.05, 4.69) is 21.2 Å². The van der Waals surface area contributed by atoms with Crippen molar-refractivity contribution < 1.29 is 4.39 Å². The lowest BCUT2D eigenvalue weighted by Crippen LogP contribution is -2.32. The molecule has 1 atom stereocenters. The Morgan fingerprint density at radius 3 is 2.93 bits per heavy atom. The second kappa shape index (κ2) is 5.44. The van der Waals surface area contributed by atoms with Gasteiger partial charge in [-0.3, -0.25) is 0 Å². The Bertz CT molecular complexity index is 304. The summed E-state index contributed by atoms with van der Waals surface area (Å²) in [4.78, 5) is 0. The van der Waals surface area contributed by atoms with Crippen LogP contribution in [0.3, 0.4) is 0 Å². The summed E-state index contributed by atoms with van der Waals surface area (Å²) in [5.41, 5.74) is 6.09. The summed E-state index contributed by atoms with van der Waals surface area (Å²) in [6.07, 6.45) is 0. The molecule has 1 rings (SSSR count). The van der Waals surface area contributed by atoms with Gasteiger partial charge in [-0.05, 0) is 25.1 Å². The van der Waals surface area contributed by atoms with Crippen LogP contribution >= 0.6 is 15.9 Å². The normalized spacial score (nSPS) is 12.9. The largest absolute Gasteiger partial charge is 0.329 e. The van der Waals surface area contributed by atoms with Gasteiger partial charge in [0.25, 0.3) is 0 Å². The van der Waals surface area contributed by atoms with E-state index in [1.165, 1.54) is 6.07 Å². The fraction of sp³-hybridized carbons (Fsp3) is 0.400. The van der Waals surface area contributed by atoms with Crippen molar-refractivity contribution in [1.82, 2.24) is 5.32 Å². The summed E-state index contributed by atoms with van der Waals surface area (Å²) < 4.78 is 14.1. The van der Waals surface area contributed by atoms with Crippen LogP contribution in [0, 0.1) is 5.82 Å². The lowest BCUT2D eigenvalue weighted by atomic mass is 10.2. The van der Waals surface area contributed by atoms with E-state index in [0.29, 0.717) is 18.7 Å². The predicted octanol–water partition coefficient (Wildman–Crippen LogP) is 2.03. The molecule has 0 unspecified atom stereocenters. The topological polar surface area (TPSA) is 38.0 Å². The molecular formula is C10H14BrFN2. The molecule has 0 saturated heterocycles. The summed E-state index contributed by atoms with van der Waals surface area (Å²) in [7, 11) is 0. The zero-order chi connectivity index (χ0) is 10.6. The number of hydrogen-bond acceptors (Lipinski definition) is 2. The molecule has 0 radical (unpaired) electrons. The highest BCUT2D eigenvalue weighted by Gasteiger charge is 2.04. The van der Waals surface area contributed by atoms with Crippen LogP contribution in [0.4, 0.5) is 4.39 Å². The molecule has 0 aliphatic heterocycles. The van der Waals surface area contributed by atoms with E-state index in [1.54, 1.807) is 12.1 Å². The molecule has 0 aliphatic rings. The molecular weight excluding hydrogens is 247 g/mol. The summed E-state index contributed by atoms with van der Waals surface area (Å²) in [6, 6.07) is 5.11. The molecule has 0 spiro atoms. The fourth-order valence-electron chi connectivity index (χ4n) is 1.05. The number of nitrogens with one attached hydrogen (secondary N) is 1. The summed E-state index contributed by atoms with van der Waals surface area (Å²) in [5, 5.41) is 3.13. The van der Waals surface area contributed by atoms with Crippen molar-refractivity contribution in [2.24, 2.45) is 5.73 Å². The van der Waals surface area contributed by atoms with E-state index in [1.807, 2.05) is 6.92 Å². The van der Waals surface area contributed by atoms with Gasteiger partial charge in [-0.1, -0.05) is 15.9 Å². The minimum absolute atomic E-state index is 0.190. The quantitative estimate of drug-likeness (QED) is 0.870. The van der Waals surface area contributed by atoms with Gasteiger partial charge in [0.05, 0.1) is 0 Å². The van der Waals surface area contributed by atoms with Crippen LogP contribution in [0.5, 0.6) is 0 Å². The van der Waals surface area contributed by atoms with Crippen LogP contribution in [0.15, 0.2) is 22.7 Å². The van der Waals surface area contributed by atoms with Crippen LogP contribution in [0.1, 0.15) is 12.5 Å². The second-order valence-electron chi connectivity index (χ2n) is 3.25. The molecule has 0 fully saturated rings. The van der Waals surface area contributed by atoms with E-state index >= 15 is 0 Å². The molecule has 3 N–H and O–H groups in total. The zero-order valence-electron chi connectivity index (χ0n) is 8.06. The van der Waals surface area contributed by atoms with Crippen molar-refractivity contribution in [2.75, 3.05) is 6.54 Å². The van der Waals surface area contributed by atoms with Crippen molar-refractivity contribution in [3.63, 3.8) is 0 Å². The van der Waals surface area contributed by atoms with Crippen molar-refractivity contribution >= 4 is 15.9 Å². The second-order valence-corrected chi connectivity index (χ2v) is 4.17. The SMILES string of the molecule is C[C@@H](CN)NCc1cc(Br)ccc1F. The number of halogens is 2. The molecule has 4 heteroatoms. The Labute approximate surface area is 91.8 Å². The smallest absolute Gasteiger partial charge is 0.127 e. The predicted molar refractivity (Wildman–Crippen MR) is 59.5 cm³/mol. The van der Waals surface area contributed by atoms with E-state index < -0.39 is 0 Å². The molecule has 2 nitrogen and oxygen atoms in total. The molecule has 0 aromatic heterocycles. The van der Waals surface area contributed by atoms with Gasteiger partial charge in [-0.2, -0.15) is 0 Å². The highest BCUT2D eigenvalue weighted by molar-refractivity contribution is 9.10. The van der Waals surface area contributed by atoms with Crippen LogP contribution in [-0.4, -0.2) is 12.6 Å². The molecule has 0 bridgehead atoms. The monoisotopic (exact) mass is 260 g/mol. The Hall–Kier alpha value is -0.450. The zero-order valence-corrected chi connectivity index (χ0v) is 9.64. The summed E-state index contributed by atoms with van der Waals surface area (Å²) >= 11 is 3.30. The van der Waals surface area contributed by atoms with Gasteiger partial charge >= 0.3 is 0 Å². The number of nitrogens with two attached hydrogens (primary N) is 1. The first-order valence-corrected chi connectivity index (χ1v) is 5.30. The first-order valence-electron chi connectivity index (χ1n) is 4.51. The Morgan fingerprint density at radius 1 is 1.57 bits per heavy atom. The highest BCUT2D eigenvalue weighted by Crippen LogP contribution is 2.15. The fourth-order valence-corrected chi connectivity index (χ4v) is 1.45. The molecule has 1 aromatic rings. The first-order chi connectivity index (χ1) is 6.63. The molecule has 0 saturated carbocycles. The van der Waals surface area contributed by atoms with Crippen molar-refractivity contribution in [2.45, 2.75) is 19.5 Å². The van der Waals surface area contributed by atoms with E-state index in [9.17, 15) is 4.39 Å². The third-order valence-corrected chi connectivity index (χ3v) is 2.50. The average molecular weight is 261 g/mol. The Kier molecular flexibility index (Phi) is 4.51. The number of benzene rings is 1. The standard InChI is InChI=1S/C10H14BrFN2/c1-7(5-13)14-6-8-4-9(11)2-3-10(8)12/h2-4,7,14H,5-6,13H2,1H3/t7-/m0/s1. The average Bonchev–Trinajstić information content (AvgIpc) is 2.19. The van der Waals surface area contributed by atoms with Crippen LogP contribution < -0.4 is 11.1 Å². The lowest BCUT2D eigenvalue weighted by Gasteiger charge is -2.11. The molecule has 0 aliphatic carbocycles. The third kappa shape index (κ3) is 3.36. The van der Waals surface area contributed by atoms with Gasteiger partial charge in [-0.15, -0.1) is 0 Å². The summed E-state index contributed by atoms with van der Waals surface area (Å²) in [6.45, 7) is 3.02. The Morgan fingerprint density at radius 2 is 2.29 bits per heavy atom. The molecule has 78 valence electrons. The number of rotatable bonds is 4. The van der Waals surface area contributed by atoms with Crippen molar-refractivity contribution in [3.05, 3.63) is 34.1 Å². The minimum Gasteiger partial charge on any atom is -0.329 e. The van der Waals surface area contributed by atoms with E-state index in [4.69, 9.17) is 5.73 Å². The maximum atomic E-state index is 13.2. The molecule has 0 heterocycles. The molecule has 0 amide bonds. The van der Waals surface area contributed by atoms with E-state index in [0.717, 1.165) is 4.47 Å². The minimum atomic E-state index is -0.190. The molecule has 14 heavy (non-hydrogen) atoms. The highest BCUT2D eigenvalue weighted by atomic mass is 79.9. The van der Waals surface area contributed by atoms with E-state index in [-0.39, 0.29) is 11.9 Å². The number of hydrogen-bond donors (Lipinski definition) is 2. The van der Waals surface area contributed by atoms with Crippen LogP contribution in [0.2, 0.25) is 0 Å².